The highest BCUT2D eigenvalue weighted by atomic mass is 16.1. The minimum Gasteiger partial charge on any atom is -0.307 e. The van der Waals surface area contributed by atoms with E-state index in [0.717, 1.165) is 0 Å². The zero-order valence-corrected chi connectivity index (χ0v) is 6.61. The fourth-order valence-electron chi connectivity index (χ4n) is 0.837. The Kier molecular flexibility index (Phi) is 2.44. The van der Waals surface area contributed by atoms with Crippen molar-refractivity contribution in [2.24, 2.45) is 0 Å². The summed E-state index contributed by atoms with van der Waals surface area (Å²) in [6, 6.07) is 8.77. The van der Waals surface area contributed by atoms with Gasteiger partial charge in [0.05, 0.1) is 11.6 Å². The fraction of sp³-hybridized carbons (Fsp3) is 0.111. The van der Waals surface area contributed by atoms with E-state index in [4.69, 9.17) is 5.26 Å². The first-order chi connectivity index (χ1) is 5.77. The van der Waals surface area contributed by atoms with E-state index in [9.17, 15) is 4.79 Å². The van der Waals surface area contributed by atoms with E-state index in [1.165, 1.54) is 4.90 Å². The highest BCUT2D eigenvalue weighted by Crippen LogP contribution is 2.12. The van der Waals surface area contributed by atoms with Crippen LogP contribution in [0.3, 0.4) is 0 Å². The Balaban J connectivity index is 3.03. The van der Waals surface area contributed by atoms with Gasteiger partial charge in [0.25, 0.3) is 0 Å². The Labute approximate surface area is 70.8 Å². The summed E-state index contributed by atoms with van der Waals surface area (Å²) < 4.78 is 0. The fourth-order valence-corrected chi connectivity index (χ4v) is 0.837. The third kappa shape index (κ3) is 1.61. The smallest absolute Gasteiger partial charge is 0.307 e. The lowest BCUT2D eigenvalue weighted by Gasteiger charge is -2.08. The van der Waals surface area contributed by atoms with Gasteiger partial charge in [0.1, 0.15) is 0 Å². The van der Waals surface area contributed by atoms with Crippen LogP contribution in [0.2, 0.25) is 0 Å². The third-order valence-corrected chi connectivity index (χ3v) is 1.50. The number of rotatable bonds is 2. The van der Waals surface area contributed by atoms with Gasteiger partial charge in [-0.3, -0.25) is 4.79 Å². The van der Waals surface area contributed by atoms with Gasteiger partial charge in [-0.05, 0) is 18.2 Å². The molecule has 0 saturated carbocycles. The monoisotopic (exact) mass is 159 g/mol. The van der Waals surface area contributed by atoms with Crippen LogP contribution in [-0.4, -0.2) is 13.5 Å². The first-order valence-electron chi connectivity index (χ1n) is 3.39. The largest absolute Gasteiger partial charge is 0.316 e. The molecule has 1 radical (unpaired) electrons. The van der Waals surface area contributed by atoms with Gasteiger partial charge in [-0.2, -0.15) is 5.26 Å². The molecule has 0 spiro atoms. The summed E-state index contributed by atoms with van der Waals surface area (Å²) in [6.07, 6.45) is 1.71. The summed E-state index contributed by atoms with van der Waals surface area (Å²) in [7, 11) is 1.59. The molecule has 0 aliphatic heterocycles. The highest BCUT2D eigenvalue weighted by Gasteiger charge is 1.99. The number of benzene rings is 1. The summed E-state index contributed by atoms with van der Waals surface area (Å²) in [5.74, 6) is 0. The SMILES string of the molecule is CN([C]=O)c1cccc(C#N)c1. The standard InChI is InChI=1S/C9H7N2O/c1-11(7-12)9-4-2-3-8(5-9)6-10/h2-5H,1H3. The average Bonchev–Trinajstić information content (AvgIpc) is 2.17. The molecule has 1 rings (SSSR count). The van der Waals surface area contributed by atoms with Crippen molar-refractivity contribution in [2.45, 2.75) is 0 Å². The summed E-state index contributed by atoms with van der Waals surface area (Å²) in [6.45, 7) is 0. The summed E-state index contributed by atoms with van der Waals surface area (Å²) in [5, 5.41) is 8.55. The Morgan fingerprint density at radius 2 is 2.25 bits per heavy atom. The molecule has 0 N–H and O–H groups in total. The van der Waals surface area contributed by atoms with Crippen molar-refractivity contribution < 1.29 is 4.79 Å². The molecule has 1 aromatic carbocycles. The summed E-state index contributed by atoms with van der Waals surface area (Å²) in [5.41, 5.74) is 1.21. The predicted octanol–water partition coefficient (Wildman–Crippen LogP) is 1.06. The van der Waals surface area contributed by atoms with Crippen molar-refractivity contribution in [2.75, 3.05) is 11.9 Å². The average molecular weight is 159 g/mol. The Morgan fingerprint density at radius 3 is 2.83 bits per heavy atom. The lowest BCUT2D eigenvalue weighted by atomic mass is 10.2. The van der Waals surface area contributed by atoms with Crippen LogP contribution in [0.25, 0.3) is 0 Å². The quantitative estimate of drug-likeness (QED) is 0.605. The molecule has 59 valence electrons. The normalized spacial score (nSPS) is 8.67. The molecule has 12 heavy (non-hydrogen) atoms. The second-order valence-corrected chi connectivity index (χ2v) is 2.31. The molecule has 0 heterocycles. The molecule has 3 nitrogen and oxygen atoms in total. The number of amides is 1. The maximum Gasteiger partial charge on any atom is 0.316 e. The molecular formula is C9H7N2O. The molecule has 0 aliphatic carbocycles. The molecule has 0 aromatic heterocycles. The van der Waals surface area contributed by atoms with E-state index in [1.807, 2.05) is 6.07 Å². The molecular weight excluding hydrogens is 152 g/mol. The number of nitriles is 1. The van der Waals surface area contributed by atoms with Crippen molar-refractivity contribution in [3.63, 3.8) is 0 Å². The van der Waals surface area contributed by atoms with Crippen LogP contribution >= 0.6 is 0 Å². The molecule has 0 saturated heterocycles. The van der Waals surface area contributed by atoms with E-state index >= 15 is 0 Å². The van der Waals surface area contributed by atoms with Crippen LogP contribution in [0.4, 0.5) is 5.69 Å². The molecule has 0 unspecified atom stereocenters. The number of carbonyl (C=O) groups excluding carboxylic acids is 1. The second-order valence-electron chi connectivity index (χ2n) is 2.31. The maximum absolute atomic E-state index is 10.2. The predicted molar refractivity (Wildman–Crippen MR) is 45.3 cm³/mol. The highest BCUT2D eigenvalue weighted by molar-refractivity contribution is 5.75. The van der Waals surface area contributed by atoms with Gasteiger partial charge in [0.15, 0.2) is 0 Å². The van der Waals surface area contributed by atoms with E-state index in [-0.39, 0.29) is 0 Å². The molecule has 1 amide bonds. The molecule has 0 bridgehead atoms. The number of hydrogen-bond acceptors (Lipinski definition) is 2. The first-order valence-corrected chi connectivity index (χ1v) is 3.39. The Morgan fingerprint density at radius 1 is 1.50 bits per heavy atom. The zero-order chi connectivity index (χ0) is 8.97. The second kappa shape index (κ2) is 3.54. The molecule has 0 atom stereocenters. The molecule has 0 aliphatic rings. The van der Waals surface area contributed by atoms with Crippen molar-refractivity contribution >= 4 is 12.1 Å². The van der Waals surface area contributed by atoms with E-state index in [1.54, 1.807) is 37.7 Å². The Hall–Kier alpha value is -1.82. The van der Waals surface area contributed by atoms with Crippen LogP contribution in [0.1, 0.15) is 5.56 Å². The van der Waals surface area contributed by atoms with Crippen molar-refractivity contribution in [1.29, 1.82) is 5.26 Å². The number of nitrogens with zero attached hydrogens (tertiary/aromatic N) is 2. The van der Waals surface area contributed by atoms with Gasteiger partial charge in [-0.25, -0.2) is 0 Å². The van der Waals surface area contributed by atoms with Crippen molar-refractivity contribution in [3.8, 4) is 6.07 Å². The molecule has 0 fully saturated rings. The van der Waals surface area contributed by atoms with Gasteiger partial charge in [0.2, 0.25) is 0 Å². The maximum atomic E-state index is 10.2. The third-order valence-electron chi connectivity index (χ3n) is 1.50. The van der Waals surface area contributed by atoms with Gasteiger partial charge in [0, 0.05) is 12.7 Å². The van der Waals surface area contributed by atoms with Crippen molar-refractivity contribution in [3.05, 3.63) is 29.8 Å². The van der Waals surface area contributed by atoms with Crippen LogP contribution in [0.5, 0.6) is 0 Å². The van der Waals surface area contributed by atoms with Crippen molar-refractivity contribution in [1.82, 2.24) is 0 Å². The first kappa shape index (κ1) is 8.28. The topological polar surface area (TPSA) is 44.1 Å². The minimum atomic E-state index is 0.537. The van der Waals surface area contributed by atoms with Crippen LogP contribution in [-0.2, 0) is 4.79 Å². The van der Waals surface area contributed by atoms with Gasteiger partial charge in [-0.1, -0.05) is 6.07 Å². The van der Waals surface area contributed by atoms with Gasteiger partial charge < -0.3 is 4.90 Å². The van der Waals surface area contributed by atoms with E-state index in [0.29, 0.717) is 11.3 Å². The molecule has 1 aromatic rings. The molecule has 3 heteroatoms. The minimum absolute atomic E-state index is 0.537. The van der Waals surface area contributed by atoms with Crippen LogP contribution < -0.4 is 4.90 Å². The number of hydrogen-bond donors (Lipinski definition) is 0. The Bertz CT molecular complexity index is 328. The lowest BCUT2D eigenvalue weighted by Crippen LogP contribution is -2.13. The van der Waals surface area contributed by atoms with Crippen LogP contribution in [0.15, 0.2) is 24.3 Å². The van der Waals surface area contributed by atoms with Gasteiger partial charge >= 0.3 is 6.41 Å². The van der Waals surface area contributed by atoms with E-state index in [2.05, 4.69) is 0 Å². The summed E-state index contributed by atoms with van der Waals surface area (Å²) in [4.78, 5) is 11.5. The lowest BCUT2D eigenvalue weighted by molar-refractivity contribution is 0.554. The zero-order valence-electron chi connectivity index (χ0n) is 6.61. The summed E-state index contributed by atoms with van der Waals surface area (Å²) >= 11 is 0. The number of anilines is 1. The van der Waals surface area contributed by atoms with Gasteiger partial charge in [-0.15, -0.1) is 0 Å². The van der Waals surface area contributed by atoms with Crippen LogP contribution in [0, 0.1) is 11.3 Å². The van der Waals surface area contributed by atoms with E-state index < -0.39 is 0 Å².